The summed E-state index contributed by atoms with van der Waals surface area (Å²) in [6.45, 7) is 0.298. The smallest absolute Gasteiger partial charge is 0.416 e. The largest absolute Gasteiger partial charge is 0.447 e. The molecule has 4 amide bonds. The zero-order chi connectivity index (χ0) is 19.4. The van der Waals surface area contributed by atoms with Gasteiger partial charge in [-0.3, -0.25) is 14.4 Å². The Kier molecular flexibility index (Phi) is 3.56. The molecule has 3 aliphatic heterocycles. The fraction of sp³-hybridized carbons (Fsp3) is 0.200. The number of imide groups is 2. The third-order valence-corrected chi connectivity index (χ3v) is 5.20. The van der Waals surface area contributed by atoms with E-state index in [-0.39, 0.29) is 13.2 Å². The monoisotopic (exact) mass is 377 g/mol. The summed E-state index contributed by atoms with van der Waals surface area (Å²) in [5.74, 6) is -1.42. The molecule has 28 heavy (non-hydrogen) atoms. The van der Waals surface area contributed by atoms with E-state index in [2.05, 4.69) is 0 Å². The van der Waals surface area contributed by atoms with Crippen LogP contribution in [-0.4, -0.2) is 57.9 Å². The van der Waals surface area contributed by atoms with Crippen LogP contribution in [0.15, 0.2) is 54.6 Å². The average molecular weight is 377 g/mol. The first-order valence-corrected chi connectivity index (χ1v) is 8.89. The number of hydrogen-bond donors (Lipinski definition) is 0. The first-order chi connectivity index (χ1) is 13.6. The van der Waals surface area contributed by atoms with Crippen molar-refractivity contribution in [2.45, 2.75) is 12.1 Å². The van der Waals surface area contributed by atoms with Crippen molar-refractivity contribution in [1.82, 2.24) is 14.9 Å². The highest BCUT2D eigenvalue weighted by atomic mass is 16.6. The van der Waals surface area contributed by atoms with Crippen LogP contribution in [0.2, 0.25) is 0 Å². The first-order valence-electron chi connectivity index (χ1n) is 8.89. The Hall–Kier alpha value is -3.52. The maximum atomic E-state index is 13.0. The van der Waals surface area contributed by atoms with Gasteiger partial charge in [-0.1, -0.05) is 42.5 Å². The molecule has 0 bridgehead atoms. The van der Waals surface area contributed by atoms with E-state index in [1.54, 1.807) is 24.3 Å². The van der Waals surface area contributed by atoms with Crippen LogP contribution in [0.1, 0.15) is 32.3 Å². The van der Waals surface area contributed by atoms with E-state index < -0.39 is 35.9 Å². The number of cyclic esters (lactones) is 1. The molecule has 0 aliphatic carbocycles. The lowest BCUT2D eigenvalue weighted by Crippen LogP contribution is -2.41. The maximum Gasteiger partial charge on any atom is 0.416 e. The van der Waals surface area contributed by atoms with Gasteiger partial charge in [-0.2, -0.15) is 5.01 Å². The van der Waals surface area contributed by atoms with Gasteiger partial charge in [0.1, 0.15) is 12.6 Å². The molecule has 8 heteroatoms. The first kappa shape index (κ1) is 16.6. The summed E-state index contributed by atoms with van der Waals surface area (Å²) in [4.78, 5) is 51.6. The minimum Gasteiger partial charge on any atom is -0.447 e. The van der Waals surface area contributed by atoms with Crippen molar-refractivity contribution in [3.8, 4) is 0 Å². The van der Waals surface area contributed by atoms with Crippen LogP contribution in [0.3, 0.4) is 0 Å². The molecule has 2 saturated heterocycles. The van der Waals surface area contributed by atoms with Gasteiger partial charge < -0.3 is 4.74 Å². The fourth-order valence-corrected chi connectivity index (χ4v) is 3.84. The van der Waals surface area contributed by atoms with E-state index in [9.17, 15) is 19.2 Å². The summed E-state index contributed by atoms with van der Waals surface area (Å²) >= 11 is 0. The quantitative estimate of drug-likeness (QED) is 0.597. The van der Waals surface area contributed by atoms with Crippen LogP contribution in [0, 0.1) is 0 Å². The summed E-state index contributed by atoms with van der Waals surface area (Å²) in [6.07, 6.45) is -0.703. The molecule has 8 nitrogen and oxygen atoms in total. The highest BCUT2D eigenvalue weighted by molar-refractivity contribution is 6.21. The molecule has 0 saturated carbocycles. The van der Waals surface area contributed by atoms with Crippen molar-refractivity contribution in [3.05, 3.63) is 71.3 Å². The van der Waals surface area contributed by atoms with E-state index >= 15 is 0 Å². The van der Waals surface area contributed by atoms with E-state index in [1.807, 2.05) is 30.3 Å². The highest BCUT2D eigenvalue weighted by Crippen LogP contribution is 2.47. The minimum atomic E-state index is -0.824. The van der Waals surface area contributed by atoms with Gasteiger partial charge in [-0.25, -0.2) is 14.7 Å². The minimum absolute atomic E-state index is 0.139. The fourth-order valence-electron chi connectivity index (χ4n) is 3.84. The molecule has 1 unspecified atom stereocenters. The Morgan fingerprint density at radius 1 is 0.893 bits per heavy atom. The second-order valence-corrected chi connectivity index (χ2v) is 6.75. The SMILES string of the molecule is O=C1OCCN1C(=O)[C@H]1[C@H](c2ccccc2)N1N1C(=O)c2ccccc2C1=O. The van der Waals surface area contributed by atoms with E-state index in [1.165, 1.54) is 5.01 Å². The average Bonchev–Trinajstić information content (AvgIpc) is 3.20. The molecule has 2 aromatic rings. The number of carbonyl (C=O) groups is 4. The van der Waals surface area contributed by atoms with Crippen LogP contribution >= 0.6 is 0 Å². The van der Waals surface area contributed by atoms with E-state index in [0.717, 1.165) is 15.5 Å². The number of nitrogens with zero attached hydrogens (tertiary/aromatic N) is 3. The van der Waals surface area contributed by atoms with Gasteiger partial charge in [0.2, 0.25) is 0 Å². The van der Waals surface area contributed by atoms with Crippen molar-refractivity contribution < 1.29 is 23.9 Å². The number of hydrogen-bond acceptors (Lipinski definition) is 6. The van der Waals surface area contributed by atoms with Crippen molar-refractivity contribution in [2.75, 3.05) is 13.2 Å². The van der Waals surface area contributed by atoms with E-state index in [0.29, 0.717) is 11.1 Å². The molecular weight excluding hydrogens is 362 g/mol. The third-order valence-electron chi connectivity index (χ3n) is 5.20. The van der Waals surface area contributed by atoms with Gasteiger partial charge in [0.15, 0.2) is 0 Å². The number of amides is 4. The number of benzene rings is 2. The Morgan fingerprint density at radius 3 is 2.07 bits per heavy atom. The van der Waals surface area contributed by atoms with Crippen molar-refractivity contribution >= 4 is 23.8 Å². The van der Waals surface area contributed by atoms with Gasteiger partial charge in [0, 0.05) is 0 Å². The predicted molar refractivity (Wildman–Crippen MR) is 94.8 cm³/mol. The summed E-state index contributed by atoms with van der Waals surface area (Å²) in [5.41, 5.74) is 1.39. The standard InChI is InChI=1S/C20H15N3O5/c24-17-13-8-4-5-9-14(13)18(25)23(17)22-15(12-6-2-1-3-7-12)16(22)19(26)21-10-11-28-20(21)27/h1-9,15-16H,10-11H2/t15-,16+,22?/m0/s1. The second-order valence-electron chi connectivity index (χ2n) is 6.75. The van der Waals surface area contributed by atoms with Crippen LogP contribution in [0.4, 0.5) is 4.79 Å². The zero-order valence-electron chi connectivity index (χ0n) is 14.6. The highest BCUT2D eigenvalue weighted by Gasteiger charge is 2.62. The molecular formula is C20H15N3O5. The molecule has 2 fully saturated rings. The molecule has 0 aromatic heterocycles. The molecule has 3 atom stereocenters. The lowest BCUT2D eigenvalue weighted by atomic mass is 10.1. The van der Waals surface area contributed by atoms with Crippen LogP contribution in [0.25, 0.3) is 0 Å². The molecule has 140 valence electrons. The number of carbonyl (C=O) groups excluding carboxylic acids is 4. The normalized spacial score (nSPS) is 25.7. The summed E-state index contributed by atoms with van der Waals surface area (Å²) in [7, 11) is 0. The van der Waals surface area contributed by atoms with Gasteiger partial charge in [-0.15, -0.1) is 0 Å². The van der Waals surface area contributed by atoms with E-state index in [4.69, 9.17) is 4.74 Å². The van der Waals surface area contributed by atoms with Crippen LogP contribution < -0.4 is 0 Å². The lowest BCUT2D eigenvalue weighted by molar-refractivity contribution is -0.128. The van der Waals surface area contributed by atoms with Crippen molar-refractivity contribution in [3.63, 3.8) is 0 Å². The molecule has 2 aromatic carbocycles. The molecule has 0 spiro atoms. The Morgan fingerprint density at radius 2 is 1.50 bits per heavy atom. The third kappa shape index (κ3) is 2.28. The summed E-state index contributed by atoms with van der Waals surface area (Å²) in [6, 6.07) is 14.3. The predicted octanol–water partition coefficient (Wildman–Crippen LogP) is 1.60. The Balaban J connectivity index is 1.52. The van der Waals surface area contributed by atoms with Crippen molar-refractivity contribution in [1.29, 1.82) is 0 Å². The Labute approximate surface area is 159 Å². The molecule has 5 rings (SSSR count). The second kappa shape index (κ2) is 6.00. The maximum absolute atomic E-state index is 13.0. The van der Waals surface area contributed by atoms with Crippen LogP contribution in [0.5, 0.6) is 0 Å². The molecule has 3 heterocycles. The summed E-state index contributed by atoms with van der Waals surface area (Å²) < 4.78 is 4.86. The zero-order valence-corrected chi connectivity index (χ0v) is 14.6. The van der Waals surface area contributed by atoms with Gasteiger partial charge in [0.05, 0.1) is 23.7 Å². The van der Waals surface area contributed by atoms with Crippen molar-refractivity contribution in [2.24, 2.45) is 0 Å². The lowest BCUT2D eigenvalue weighted by Gasteiger charge is -2.17. The van der Waals surface area contributed by atoms with Gasteiger partial charge in [-0.05, 0) is 17.7 Å². The topological polar surface area (TPSA) is 87.0 Å². The molecule has 3 aliphatic rings. The Bertz CT molecular complexity index is 987. The number of ether oxygens (including phenoxy) is 1. The molecule has 0 N–H and O–H groups in total. The molecule has 0 radical (unpaired) electrons. The van der Waals surface area contributed by atoms with Gasteiger partial charge >= 0.3 is 6.09 Å². The van der Waals surface area contributed by atoms with Crippen LogP contribution in [-0.2, 0) is 9.53 Å². The number of hydrazine groups is 1. The number of fused-ring (bicyclic) bond motifs is 1. The van der Waals surface area contributed by atoms with Gasteiger partial charge in [0.25, 0.3) is 17.7 Å². The summed E-state index contributed by atoms with van der Waals surface area (Å²) in [5, 5.41) is 2.47. The number of rotatable bonds is 3.